The number of benzene rings is 2. The van der Waals surface area contributed by atoms with Crippen molar-refractivity contribution in [3.8, 4) is 5.75 Å². The Balaban J connectivity index is 2.31. The highest BCUT2D eigenvalue weighted by Crippen LogP contribution is 2.27. The molecule has 0 bridgehead atoms. The summed E-state index contributed by atoms with van der Waals surface area (Å²) in [6.45, 7) is -0.757. The van der Waals surface area contributed by atoms with E-state index in [9.17, 15) is 26.7 Å². The molecule has 0 fully saturated rings. The normalized spacial score (nSPS) is 10.5. The highest BCUT2D eigenvalue weighted by atomic mass is 19.2. The van der Waals surface area contributed by atoms with Crippen molar-refractivity contribution in [2.75, 3.05) is 7.11 Å². The molecule has 0 aromatic heterocycles. The molecule has 0 amide bonds. The van der Waals surface area contributed by atoms with E-state index in [0.29, 0.717) is 0 Å². The van der Waals surface area contributed by atoms with Crippen LogP contribution in [0.3, 0.4) is 0 Å². The van der Waals surface area contributed by atoms with Gasteiger partial charge in [-0.25, -0.2) is 18.0 Å². The van der Waals surface area contributed by atoms with Crippen LogP contribution in [-0.4, -0.2) is 13.1 Å². The average molecular weight is 332 g/mol. The molecule has 0 saturated heterocycles. The molecule has 0 saturated carbocycles. The van der Waals surface area contributed by atoms with Gasteiger partial charge in [0, 0.05) is 11.6 Å². The first-order valence-electron chi connectivity index (χ1n) is 6.18. The molecule has 0 radical (unpaired) electrons. The van der Waals surface area contributed by atoms with Crippen LogP contribution < -0.4 is 4.74 Å². The predicted molar refractivity (Wildman–Crippen MR) is 68.3 cm³/mol. The van der Waals surface area contributed by atoms with Crippen LogP contribution in [0.5, 0.6) is 5.75 Å². The first-order valence-corrected chi connectivity index (χ1v) is 6.18. The summed E-state index contributed by atoms with van der Waals surface area (Å²) in [5.74, 6) is -10.1. The topological polar surface area (TPSA) is 35.5 Å². The summed E-state index contributed by atoms with van der Waals surface area (Å²) in [6.07, 6.45) is 0. The number of methoxy groups -OCH3 is 1. The highest BCUT2D eigenvalue weighted by molar-refractivity contribution is 5.89. The molecule has 2 aromatic carbocycles. The van der Waals surface area contributed by atoms with Gasteiger partial charge in [0.05, 0.1) is 12.7 Å². The van der Waals surface area contributed by atoms with Crippen molar-refractivity contribution in [2.24, 2.45) is 0 Å². The molecule has 0 aliphatic heterocycles. The van der Waals surface area contributed by atoms with Crippen LogP contribution in [0.4, 0.5) is 22.0 Å². The molecule has 3 nitrogen and oxygen atoms in total. The number of halogens is 5. The maximum atomic E-state index is 14.1. The van der Waals surface area contributed by atoms with E-state index < -0.39 is 53.0 Å². The molecule has 8 heteroatoms. The van der Waals surface area contributed by atoms with Crippen molar-refractivity contribution < 1.29 is 36.2 Å². The number of hydrogen-bond donors (Lipinski definition) is 0. The molecule has 23 heavy (non-hydrogen) atoms. The maximum Gasteiger partial charge on any atom is 0.340 e. The summed E-state index contributed by atoms with van der Waals surface area (Å²) in [7, 11) is 1.05. The second kappa shape index (κ2) is 6.64. The van der Waals surface area contributed by atoms with E-state index in [1.54, 1.807) is 0 Å². The van der Waals surface area contributed by atoms with Crippen LogP contribution in [0.1, 0.15) is 15.9 Å². The lowest BCUT2D eigenvalue weighted by molar-refractivity contribution is 0.0595. The number of carbonyl (C=O) groups excluding carboxylic acids is 1. The minimum Gasteiger partial charge on any atom is -0.483 e. The van der Waals surface area contributed by atoms with E-state index >= 15 is 0 Å². The van der Waals surface area contributed by atoms with Crippen LogP contribution in [-0.2, 0) is 11.3 Å². The minimum atomic E-state index is -1.74. The van der Waals surface area contributed by atoms with Gasteiger partial charge >= 0.3 is 5.97 Å². The lowest BCUT2D eigenvalue weighted by Gasteiger charge is -2.11. The third-order valence-corrected chi connectivity index (χ3v) is 2.93. The average Bonchev–Trinajstić information content (AvgIpc) is 2.53. The summed E-state index contributed by atoms with van der Waals surface area (Å²) in [5, 5.41) is 0. The SMILES string of the molecule is COC(=O)c1cccc(COc2c(F)c(F)cc(F)c2F)c1F. The predicted octanol–water partition coefficient (Wildman–Crippen LogP) is 3.75. The molecule has 2 aromatic rings. The van der Waals surface area contributed by atoms with Gasteiger partial charge in [-0.1, -0.05) is 12.1 Å². The van der Waals surface area contributed by atoms with Gasteiger partial charge in [0.25, 0.3) is 0 Å². The fourth-order valence-corrected chi connectivity index (χ4v) is 1.79. The Morgan fingerprint density at radius 1 is 1.00 bits per heavy atom. The summed E-state index contributed by atoms with van der Waals surface area (Å²) in [6, 6.07) is 3.61. The molecule has 122 valence electrons. The molecule has 0 N–H and O–H groups in total. The molecule has 0 unspecified atom stereocenters. The third kappa shape index (κ3) is 3.25. The fraction of sp³-hybridized carbons (Fsp3) is 0.133. The lowest BCUT2D eigenvalue weighted by Crippen LogP contribution is -2.09. The van der Waals surface area contributed by atoms with E-state index in [4.69, 9.17) is 0 Å². The van der Waals surface area contributed by atoms with Crippen molar-refractivity contribution in [3.63, 3.8) is 0 Å². The molecule has 0 aliphatic carbocycles. The first kappa shape index (κ1) is 16.7. The van der Waals surface area contributed by atoms with Gasteiger partial charge in [0.15, 0.2) is 17.4 Å². The Kier molecular flexibility index (Phi) is 4.83. The Bertz CT molecular complexity index is 735. The molecule has 0 atom stereocenters. The number of carbonyl (C=O) groups is 1. The van der Waals surface area contributed by atoms with Gasteiger partial charge in [0.1, 0.15) is 12.4 Å². The van der Waals surface area contributed by atoms with Gasteiger partial charge in [0.2, 0.25) is 11.6 Å². The lowest BCUT2D eigenvalue weighted by atomic mass is 10.1. The Morgan fingerprint density at radius 3 is 2.17 bits per heavy atom. The number of rotatable bonds is 4. The number of hydrogen-bond acceptors (Lipinski definition) is 3. The van der Waals surface area contributed by atoms with Crippen molar-refractivity contribution in [1.82, 2.24) is 0 Å². The van der Waals surface area contributed by atoms with E-state index in [1.807, 2.05) is 0 Å². The summed E-state index contributed by atoms with van der Waals surface area (Å²) < 4.78 is 76.0. The number of esters is 1. The zero-order chi connectivity index (χ0) is 17.1. The number of ether oxygens (including phenoxy) is 2. The van der Waals surface area contributed by atoms with E-state index in [1.165, 1.54) is 12.1 Å². The van der Waals surface area contributed by atoms with Crippen LogP contribution in [0.2, 0.25) is 0 Å². The van der Waals surface area contributed by atoms with Gasteiger partial charge in [-0.2, -0.15) is 8.78 Å². The zero-order valence-corrected chi connectivity index (χ0v) is 11.6. The Morgan fingerprint density at radius 2 is 1.61 bits per heavy atom. The standard InChI is InChI=1S/C15H9F5O3/c1-22-15(21)8-4-2-3-7(11(8)18)6-23-14-12(19)9(16)5-10(17)13(14)20/h2-5H,6H2,1H3. The third-order valence-electron chi connectivity index (χ3n) is 2.93. The minimum absolute atomic E-state index is 0.0238. The van der Waals surface area contributed by atoms with Gasteiger partial charge in [-0.3, -0.25) is 0 Å². The van der Waals surface area contributed by atoms with Crippen molar-refractivity contribution >= 4 is 5.97 Å². The van der Waals surface area contributed by atoms with Crippen LogP contribution >= 0.6 is 0 Å². The van der Waals surface area contributed by atoms with Crippen molar-refractivity contribution in [3.05, 3.63) is 64.5 Å². The van der Waals surface area contributed by atoms with Crippen LogP contribution in [0.25, 0.3) is 0 Å². The van der Waals surface area contributed by atoms with Crippen LogP contribution in [0.15, 0.2) is 24.3 Å². The quantitative estimate of drug-likeness (QED) is 0.486. The molecule has 0 spiro atoms. The maximum absolute atomic E-state index is 14.1. The van der Waals surface area contributed by atoms with Crippen LogP contribution in [0, 0.1) is 29.1 Å². The first-order chi connectivity index (χ1) is 10.9. The van der Waals surface area contributed by atoms with E-state index in [2.05, 4.69) is 9.47 Å². The second-order valence-corrected chi connectivity index (χ2v) is 4.36. The molecule has 0 aliphatic rings. The van der Waals surface area contributed by atoms with Gasteiger partial charge in [-0.05, 0) is 6.07 Å². The van der Waals surface area contributed by atoms with Crippen molar-refractivity contribution in [1.29, 1.82) is 0 Å². The summed E-state index contributed by atoms with van der Waals surface area (Å²) in [4.78, 5) is 11.3. The Labute approximate surface area is 127 Å². The molecule has 0 heterocycles. The Hall–Kier alpha value is -2.64. The summed E-state index contributed by atoms with van der Waals surface area (Å²) in [5.41, 5.74) is -0.670. The molecule has 2 rings (SSSR count). The monoisotopic (exact) mass is 332 g/mol. The smallest absolute Gasteiger partial charge is 0.340 e. The fourth-order valence-electron chi connectivity index (χ4n) is 1.79. The summed E-state index contributed by atoms with van der Waals surface area (Å²) >= 11 is 0. The van der Waals surface area contributed by atoms with Gasteiger partial charge < -0.3 is 9.47 Å². The largest absolute Gasteiger partial charge is 0.483 e. The van der Waals surface area contributed by atoms with E-state index in [0.717, 1.165) is 13.2 Å². The zero-order valence-electron chi connectivity index (χ0n) is 11.6. The van der Waals surface area contributed by atoms with Crippen molar-refractivity contribution in [2.45, 2.75) is 6.61 Å². The second-order valence-electron chi connectivity index (χ2n) is 4.36. The van der Waals surface area contributed by atoms with E-state index in [-0.39, 0.29) is 11.6 Å². The molecular weight excluding hydrogens is 323 g/mol. The van der Waals surface area contributed by atoms with Gasteiger partial charge in [-0.15, -0.1) is 0 Å². The highest BCUT2D eigenvalue weighted by Gasteiger charge is 2.22. The molecular formula is C15H9F5O3.